The van der Waals surface area contributed by atoms with Gasteiger partial charge in [0.2, 0.25) is 5.89 Å². The van der Waals surface area contributed by atoms with Gasteiger partial charge >= 0.3 is 0 Å². The highest BCUT2D eigenvalue weighted by Crippen LogP contribution is 2.33. The second-order valence-corrected chi connectivity index (χ2v) is 4.73. The van der Waals surface area contributed by atoms with Gasteiger partial charge in [-0.2, -0.15) is 0 Å². The largest absolute Gasteiger partial charge is 0.507 e. The van der Waals surface area contributed by atoms with Gasteiger partial charge in [-0.3, -0.25) is 0 Å². The molecule has 4 nitrogen and oxygen atoms in total. The number of aryl methyl sites for hydroxylation is 2. The lowest BCUT2D eigenvalue weighted by atomic mass is 10.1. The number of hydrogen-bond donors (Lipinski definition) is 2. The first-order valence-corrected chi connectivity index (χ1v) is 6.01. The van der Waals surface area contributed by atoms with Gasteiger partial charge in [-0.05, 0) is 49.2 Å². The minimum Gasteiger partial charge on any atom is -0.507 e. The number of oxazole rings is 1. The van der Waals surface area contributed by atoms with Gasteiger partial charge < -0.3 is 15.3 Å². The molecule has 3 aromatic rings. The Morgan fingerprint density at radius 3 is 2.74 bits per heavy atom. The molecule has 3 N–H and O–H groups in total. The van der Waals surface area contributed by atoms with Crippen molar-refractivity contribution in [2.75, 3.05) is 5.73 Å². The Kier molecular flexibility index (Phi) is 2.45. The Hall–Kier alpha value is -2.49. The molecule has 2 aromatic carbocycles. The van der Waals surface area contributed by atoms with Crippen molar-refractivity contribution in [3.8, 4) is 17.2 Å². The van der Waals surface area contributed by atoms with Gasteiger partial charge in [0.25, 0.3) is 0 Å². The van der Waals surface area contributed by atoms with Crippen molar-refractivity contribution in [2.24, 2.45) is 0 Å². The molecule has 0 amide bonds. The summed E-state index contributed by atoms with van der Waals surface area (Å²) in [5.74, 6) is 0.489. The van der Waals surface area contributed by atoms with Crippen molar-refractivity contribution in [1.29, 1.82) is 0 Å². The number of hydrogen-bond acceptors (Lipinski definition) is 4. The molecule has 0 saturated carbocycles. The third kappa shape index (κ3) is 1.91. The van der Waals surface area contributed by atoms with Crippen LogP contribution in [0.1, 0.15) is 11.1 Å². The van der Waals surface area contributed by atoms with Crippen LogP contribution in [0, 0.1) is 13.8 Å². The summed E-state index contributed by atoms with van der Waals surface area (Å²) in [7, 11) is 0. The highest BCUT2D eigenvalue weighted by Gasteiger charge is 2.14. The average molecular weight is 254 g/mol. The topological polar surface area (TPSA) is 72.3 Å². The van der Waals surface area contributed by atoms with Crippen LogP contribution in [0.4, 0.5) is 5.69 Å². The van der Waals surface area contributed by atoms with E-state index in [0.717, 1.165) is 22.2 Å². The summed E-state index contributed by atoms with van der Waals surface area (Å²) in [5.41, 5.74) is 10.5. The molecule has 0 atom stereocenters. The number of anilines is 1. The molecular weight excluding hydrogens is 240 g/mol. The zero-order valence-electron chi connectivity index (χ0n) is 10.8. The summed E-state index contributed by atoms with van der Waals surface area (Å²) in [4.78, 5) is 4.42. The quantitative estimate of drug-likeness (QED) is 0.515. The summed E-state index contributed by atoms with van der Waals surface area (Å²) in [6, 6.07) is 8.83. The smallest absolute Gasteiger partial charge is 0.231 e. The Balaban J connectivity index is 2.26. The highest BCUT2D eigenvalue weighted by molar-refractivity contribution is 5.81. The average Bonchev–Trinajstić information content (AvgIpc) is 2.76. The van der Waals surface area contributed by atoms with Crippen molar-refractivity contribution in [1.82, 2.24) is 4.98 Å². The molecule has 19 heavy (non-hydrogen) atoms. The van der Waals surface area contributed by atoms with Gasteiger partial charge in [0.15, 0.2) is 5.58 Å². The van der Waals surface area contributed by atoms with Crippen molar-refractivity contribution in [3.05, 3.63) is 41.5 Å². The molecule has 0 fully saturated rings. The van der Waals surface area contributed by atoms with E-state index in [0.29, 0.717) is 17.1 Å². The van der Waals surface area contributed by atoms with Crippen LogP contribution in [0.2, 0.25) is 0 Å². The van der Waals surface area contributed by atoms with E-state index in [1.54, 1.807) is 12.1 Å². The van der Waals surface area contributed by atoms with Gasteiger partial charge in [-0.25, -0.2) is 4.98 Å². The maximum atomic E-state index is 9.88. The zero-order chi connectivity index (χ0) is 13.6. The number of aromatic hydroxyl groups is 1. The van der Waals surface area contributed by atoms with Crippen LogP contribution in [0.3, 0.4) is 0 Å². The van der Waals surface area contributed by atoms with E-state index in [1.165, 1.54) is 6.07 Å². The number of aromatic nitrogens is 1. The Labute approximate surface area is 110 Å². The maximum Gasteiger partial charge on any atom is 0.231 e. The van der Waals surface area contributed by atoms with Crippen LogP contribution in [0.25, 0.3) is 22.6 Å². The van der Waals surface area contributed by atoms with Gasteiger partial charge in [-0.15, -0.1) is 0 Å². The monoisotopic (exact) mass is 254 g/mol. The summed E-state index contributed by atoms with van der Waals surface area (Å²) in [6.07, 6.45) is 0. The molecule has 96 valence electrons. The van der Waals surface area contributed by atoms with Crippen LogP contribution < -0.4 is 5.73 Å². The molecule has 0 radical (unpaired) electrons. The molecule has 0 saturated heterocycles. The molecule has 0 spiro atoms. The van der Waals surface area contributed by atoms with Crippen LogP contribution in [-0.2, 0) is 0 Å². The second-order valence-electron chi connectivity index (χ2n) is 4.73. The third-order valence-electron chi connectivity index (χ3n) is 3.07. The molecule has 0 bridgehead atoms. The number of phenolic OH excluding ortho intramolecular Hbond substituents is 1. The van der Waals surface area contributed by atoms with Gasteiger partial charge in [0.1, 0.15) is 11.3 Å². The second kappa shape index (κ2) is 4.02. The first kappa shape index (κ1) is 11.6. The van der Waals surface area contributed by atoms with Crippen LogP contribution in [0.5, 0.6) is 5.75 Å². The maximum absolute atomic E-state index is 9.88. The molecule has 1 aromatic heterocycles. The van der Waals surface area contributed by atoms with Crippen molar-refractivity contribution >= 4 is 16.8 Å². The van der Waals surface area contributed by atoms with Gasteiger partial charge in [0.05, 0.1) is 5.56 Å². The molecule has 3 rings (SSSR count). The van der Waals surface area contributed by atoms with Gasteiger partial charge in [-0.1, -0.05) is 6.07 Å². The molecule has 0 aliphatic carbocycles. The Morgan fingerprint density at radius 1 is 1.16 bits per heavy atom. The fourth-order valence-corrected chi connectivity index (χ4v) is 2.22. The first-order chi connectivity index (χ1) is 9.04. The predicted octanol–water partition coefficient (Wildman–Crippen LogP) is 3.40. The number of nitrogens with two attached hydrogens (primary N) is 1. The van der Waals surface area contributed by atoms with Gasteiger partial charge in [0, 0.05) is 5.69 Å². The van der Waals surface area contributed by atoms with E-state index in [-0.39, 0.29) is 5.75 Å². The minimum absolute atomic E-state index is 0.107. The summed E-state index contributed by atoms with van der Waals surface area (Å²) < 4.78 is 5.75. The zero-order valence-corrected chi connectivity index (χ0v) is 10.8. The lowest BCUT2D eigenvalue weighted by Gasteiger charge is -2.00. The van der Waals surface area contributed by atoms with Crippen molar-refractivity contribution < 1.29 is 9.52 Å². The van der Waals surface area contributed by atoms with E-state index in [2.05, 4.69) is 4.98 Å². The Morgan fingerprint density at radius 2 is 1.95 bits per heavy atom. The predicted molar refractivity (Wildman–Crippen MR) is 75.0 cm³/mol. The van der Waals surface area contributed by atoms with E-state index in [9.17, 15) is 5.11 Å². The standard InChI is InChI=1S/C15H14N2O2/c1-8-5-9(2)14-12(6-8)17-15(19-14)11-7-10(16)3-4-13(11)18/h3-7,18H,16H2,1-2H3. The minimum atomic E-state index is 0.107. The summed E-state index contributed by atoms with van der Waals surface area (Å²) in [5, 5.41) is 9.88. The number of fused-ring (bicyclic) bond motifs is 1. The van der Waals surface area contributed by atoms with E-state index >= 15 is 0 Å². The summed E-state index contributed by atoms with van der Waals surface area (Å²) >= 11 is 0. The third-order valence-corrected chi connectivity index (χ3v) is 3.07. The first-order valence-electron chi connectivity index (χ1n) is 6.01. The molecule has 1 heterocycles. The SMILES string of the molecule is Cc1cc(C)c2oc(-c3cc(N)ccc3O)nc2c1. The van der Waals surface area contributed by atoms with E-state index in [4.69, 9.17) is 10.2 Å². The van der Waals surface area contributed by atoms with Crippen LogP contribution in [-0.4, -0.2) is 10.1 Å². The van der Waals surface area contributed by atoms with E-state index in [1.807, 2.05) is 26.0 Å². The lowest BCUT2D eigenvalue weighted by molar-refractivity contribution is 0.474. The Bertz CT molecular complexity index is 775. The van der Waals surface area contributed by atoms with Crippen molar-refractivity contribution in [3.63, 3.8) is 0 Å². The molecule has 0 aliphatic rings. The fraction of sp³-hybridized carbons (Fsp3) is 0.133. The van der Waals surface area contributed by atoms with E-state index < -0.39 is 0 Å². The molecule has 4 heteroatoms. The lowest BCUT2D eigenvalue weighted by Crippen LogP contribution is -1.86. The highest BCUT2D eigenvalue weighted by atomic mass is 16.3. The number of nitrogen functional groups attached to an aromatic ring is 1. The fourth-order valence-electron chi connectivity index (χ4n) is 2.22. The number of nitrogens with zero attached hydrogens (tertiary/aromatic N) is 1. The molecular formula is C15H14N2O2. The molecule has 0 unspecified atom stereocenters. The number of rotatable bonds is 1. The van der Waals surface area contributed by atoms with Crippen LogP contribution >= 0.6 is 0 Å². The summed E-state index contributed by atoms with van der Waals surface area (Å²) in [6.45, 7) is 3.99. The number of benzene rings is 2. The van der Waals surface area contributed by atoms with Crippen molar-refractivity contribution in [2.45, 2.75) is 13.8 Å². The number of phenols is 1. The molecule has 0 aliphatic heterocycles. The van der Waals surface area contributed by atoms with Crippen LogP contribution in [0.15, 0.2) is 34.7 Å². The normalized spacial score (nSPS) is 11.1.